The number of halogens is 1. The van der Waals surface area contributed by atoms with E-state index in [4.69, 9.17) is 4.74 Å². The lowest BCUT2D eigenvalue weighted by Gasteiger charge is -2.34. The number of piperidine rings is 1. The molecule has 1 aliphatic rings. The van der Waals surface area contributed by atoms with Crippen molar-refractivity contribution in [1.82, 2.24) is 4.90 Å². The normalized spacial score (nSPS) is 25.1. The van der Waals surface area contributed by atoms with Crippen molar-refractivity contribution in [2.45, 2.75) is 20.3 Å². The molecule has 2 atom stereocenters. The number of nitrogens with zero attached hydrogens (tertiary/aromatic N) is 1. The first-order valence-electron chi connectivity index (χ1n) is 6.74. The molecule has 1 aromatic carbocycles. The van der Waals surface area contributed by atoms with Crippen molar-refractivity contribution in [2.75, 3.05) is 26.2 Å². The highest BCUT2D eigenvalue weighted by Crippen LogP contribution is 2.21. The fraction of sp³-hybridized carbons (Fsp3) is 0.600. The fourth-order valence-electron chi connectivity index (χ4n) is 2.80. The van der Waals surface area contributed by atoms with Crippen molar-refractivity contribution in [3.05, 3.63) is 28.7 Å². The van der Waals surface area contributed by atoms with Gasteiger partial charge in [-0.3, -0.25) is 4.90 Å². The summed E-state index contributed by atoms with van der Waals surface area (Å²) < 4.78 is 6.86. The molecule has 0 radical (unpaired) electrons. The third kappa shape index (κ3) is 4.29. The van der Waals surface area contributed by atoms with E-state index >= 15 is 0 Å². The smallest absolute Gasteiger partial charge is 0.119 e. The van der Waals surface area contributed by atoms with Gasteiger partial charge in [-0.05, 0) is 42.5 Å². The molecule has 0 aliphatic carbocycles. The molecule has 100 valence electrons. The number of hydrogen-bond donors (Lipinski definition) is 0. The summed E-state index contributed by atoms with van der Waals surface area (Å²) in [5.41, 5.74) is 0. The molecule has 0 saturated carbocycles. The third-order valence-electron chi connectivity index (χ3n) is 3.43. The number of ether oxygens (including phenoxy) is 1. The molecule has 1 aromatic rings. The molecule has 1 fully saturated rings. The summed E-state index contributed by atoms with van der Waals surface area (Å²) in [4.78, 5) is 2.53. The van der Waals surface area contributed by atoms with Gasteiger partial charge >= 0.3 is 0 Å². The Morgan fingerprint density at radius 3 is 2.39 bits per heavy atom. The molecule has 0 bridgehead atoms. The van der Waals surface area contributed by atoms with Crippen LogP contribution in [0.5, 0.6) is 5.75 Å². The minimum absolute atomic E-state index is 0.779. The Bertz CT molecular complexity index is 355. The van der Waals surface area contributed by atoms with Crippen LogP contribution in [0.1, 0.15) is 20.3 Å². The lowest BCUT2D eigenvalue weighted by atomic mass is 9.92. The van der Waals surface area contributed by atoms with Gasteiger partial charge in [0.05, 0.1) is 0 Å². The van der Waals surface area contributed by atoms with Gasteiger partial charge in [0.1, 0.15) is 12.4 Å². The standard InChI is InChI=1S/C15H22BrNO/c1-12-9-13(2)11-17(10-12)7-8-18-15-5-3-14(16)4-6-15/h3-6,12-13H,7-11H2,1-2H3/t12-,13+. The summed E-state index contributed by atoms with van der Waals surface area (Å²) in [7, 11) is 0. The molecule has 0 spiro atoms. The van der Waals surface area contributed by atoms with Crippen molar-refractivity contribution >= 4 is 15.9 Å². The first kappa shape index (κ1) is 13.9. The average molecular weight is 312 g/mol. The van der Waals surface area contributed by atoms with E-state index in [1.807, 2.05) is 24.3 Å². The first-order valence-corrected chi connectivity index (χ1v) is 7.53. The van der Waals surface area contributed by atoms with Gasteiger partial charge in [-0.25, -0.2) is 0 Å². The van der Waals surface area contributed by atoms with Gasteiger partial charge in [0.25, 0.3) is 0 Å². The first-order chi connectivity index (χ1) is 8.63. The van der Waals surface area contributed by atoms with Crippen LogP contribution in [0.4, 0.5) is 0 Å². The van der Waals surface area contributed by atoms with Gasteiger partial charge < -0.3 is 4.74 Å². The monoisotopic (exact) mass is 311 g/mol. The molecule has 18 heavy (non-hydrogen) atoms. The minimum Gasteiger partial charge on any atom is -0.492 e. The van der Waals surface area contributed by atoms with E-state index < -0.39 is 0 Å². The maximum atomic E-state index is 5.77. The van der Waals surface area contributed by atoms with Crippen LogP contribution in [0.2, 0.25) is 0 Å². The van der Waals surface area contributed by atoms with Gasteiger partial charge in [-0.2, -0.15) is 0 Å². The Morgan fingerprint density at radius 1 is 1.17 bits per heavy atom. The quantitative estimate of drug-likeness (QED) is 0.838. The third-order valence-corrected chi connectivity index (χ3v) is 3.96. The molecule has 0 unspecified atom stereocenters. The minimum atomic E-state index is 0.779. The van der Waals surface area contributed by atoms with Crippen molar-refractivity contribution in [2.24, 2.45) is 11.8 Å². The Hall–Kier alpha value is -0.540. The summed E-state index contributed by atoms with van der Waals surface area (Å²) in [6, 6.07) is 8.04. The van der Waals surface area contributed by atoms with Gasteiger partial charge in [0.15, 0.2) is 0 Å². The molecule has 1 saturated heterocycles. The van der Waals surface area contributed by atoms with Crippen LogP contribution in [0.25, 0.3) is 0 Å². The van der Waals surface area contributed by atoms with Crippen LogP contribution in [0.3, 0.4) is 0 Å². The molecule has 2 rings (SSSR count). The second-order valence-electron chi connectivity index (χ2n) is 5.51. The SMILES string of the molecule is C[C@@H]1C[C@H](C)CN(CCOc2ccc(Br)cc2)C1. The number of hydrogen-bond acceptors (Lipinski definition) is 2. The van der Waals surface area contributed by atoms with Gasteiger partial charge in [-0.15, -0.1) is 0 Å². The summed E-state index contributed by atoms with van der Waals surface area (Å²) >= 11 is 3.43. The second-order valence-corrected chi connectivity index (χ2v) is 6.42. The fourth-order valence-corrected chi connectivity index (χ4v) is 3.06. The second kappa shape index (κ2) is 6.58. The molecular formula is C15H22BrNO. The van der Waals surface area contributed by atoms with Gasteiger partial charge in [0, 0.05) is 24.1 Å². The Balaban J connectivity index is 1.73. The van der Waals surface area contributed by atoms with Crippen LogP contribution in [0, 0.1) is 11.8 Å². The van der Waals surface area contributed by atoms with E-state index in [1.165, 1.54) is 19.5 Å². The Labute approximate surface area is 118 Å². The van der Waals surface area contributed by atoms with Gasteiger partial charge in [-0.1, -0.05) is 29.8 Å². The van der Waals surface area contributed by atoms with E-state index in [-0.39, 0.29) is 0 Å². The van der Waals surface area contributed by atoms with E-state index in [2.05, 4.69) is 34.7 Å². The summed E-state index contributed by atoms with van der Waals surface area (Å²) in [5, 5.41) is 0. The molecular weight excluding hydrogens is 290 g/mol. The maximum absolute atomic E-state index is 5.77. The predicted molar refractivity (Wildman–Crippen MR) is 79.0 cm³/mol. The van der Waals surface area contributed by atoms with Crippen LogP contribution in [-0.4, -0.2) is 31.1 Å². The molecule has 1 heterocycles. The summed E-state index contributed by atoms with van der Waals surface area (Å²) in [6.07, 6.45) is 1.37. The van der Waals surface area contributed by atoms with E-state index in [0.717, 1.165) is 35.2 Å². The van der Waals surface area contributed by atoms with Crippen molar-refractivity contribution in [1.29, 1.82) is 0 Å². The van der Waals surface area contributed by atoms with Crippen LogP contribution < -0.4 is 4.74 Å². The summed E-state index contributed by atoms with van der Waals surface area (Å²) in [6.45, 7) is 8.93. The highest BCUT2D eigenvalue weighted by Gasteiger charge is 2.21. The molecule has 1 aliphatic heterocycles. The van der Waals surface area contributed by atoms with Gasteiger partial charge in [0.2, 0.25) is 0 Å². The van der Waals surface area contributed by atoms with E-state index in [9.17, 15) is 0 Å². The highest BCUT2D eigenvalue weighted by molar-refractivity contribution is 9.10. The van der Waals surface area contributed by atoms with Crippen molar-refractivity contribution in [3.63, 3.8) is 0 Å². The zero-order valence-electron chi connectivity index (χ0n) is 11.2. The van der Waals surface area contributed by atoms with Crippen LogP contribution in [-0.2, 0) is 0 Å². The van der Waals surface area contributed by atoms with Crippen LogP contribution in [0.15, 0.2) is 28.7 Å². The zero-order valence-corrected chi connectivity index (χ0v) is 12.8. The number of likely N-dealkylation sites (tertiary alicyclic amines) is 1. The van der Waals surface area contributed by atoms with Crippen molar-refractivity contribution in [3.8, 4) is 5.75 Å². The largest absolute Gasteiger partial charge is 0.492 e. The average Bonchev–Trinajstić information content (AvgIpc) is 2.30. The van der Waals surface area contributed by atoms with Crippen LogP contribution >= 0.6 is 15.9 Å². The Kier molecular flexibility index (Phi) is 5.07. The molecule has 0 amide bonds. The number of benzene rings is 1. The van der Waals surface area contributed by atoms with Crippen molar-refractivity contribution < 1.29 is 4.74 Å². The topological polar surface area (TPSA) is 12.5 Å². The molecule has 0 N–H and O–H groups in total. The zero-order chi connectivity index (χ0) is 13.0. The molecule has 3 heteroatoms. The lowest BCUT2D eigenvalue weighted by molar-refractivity contribution is 0.120. The molecule has 2 nitrogen and oxygen atoms in total. The number of rotatable bonds is 4. The highest BCUT2D eigenvalue weighted by atomic mass is 79.9. The Morgan fingerprint density at radius 2 is 1.78 bits per heavy atom. The summed E-state index contributed by atoms with van der Waals surface area (Å²) in [5.74, 6) is 2.60. The predicted octanol–water partition coefficient (Wildman–Crippen LogP) is 3.81. The molecule has 0 aromatic heterocycles. The van der Waals surface area contributed by atoms with E-state index in [0.29, 0.717) is 0 Å². The lowest BCUT2D eigenvalue weighted by Crippen LogP contribution is -2.40. The van der Waals surface area contributed by atoms with E-state index in [1.54, 1.807) is 0 Å². The maximum Gasteiger partial charge on any atom is 0.119 e.